The number of hydrogen-bond acceptors (Lipinski definition) is 3. The smallest absolute Gasteiger partial charge is 0.304 e. The molecule has 122 valence electrons. The summed E-state index contributed by atoms with van der Waals surface area (Å²) in [4.78, 5) is 26.6. The summed E-state index contributed by atoms with van der Waals surface area (Å²) in [5, 5.41) is 11.6. The zero-order valence-electron chi connectivity index (χ0n) is 12.7. The first-order valence-corrected chi connectivity index (χ1v) is 7.33. The molecule has 0 fully saturated rings. The summed E-state index contributed by atoms with van der Waals surface area (Å²) in [6.07, 6.45) is 4.88. The Labute approximate surface area is 134 Å². The summed E-state index contributed by atoms with van der Waals surface area (Å²) >= 11 is 0. The molecule has 0 aromatic heterocycles. The van der Waals surface area contributed by atoms with Gasteiger partial charge in [-0.15, -0.1) is 0 Å². The number of carbonyl (C=O) groups is 2. The number of benzene rings is 1. The molecule has 0 spiro atoms. The van der Waals surface area contributed by atoms with E-state index in [0.717, 1.165) is 16.8 Å². The molecule has 1 heterocycles. The van der Waals surface area contributed by atoms with E-state index in [1.54, 1.807) is 0 Å². The maximum atomic E-state index is 11.9. The van der Waals surface area contributed by atoms with Crippen molar-refractivity contribution in [3.05, 3.63) is 35.4 Å². The number of carboxylic acids is 1. The van der Waals surface area contributed by atoms with Crippen molar-refractivity contribution in [2.24, 2.45) is 22.4 Å². The van der Waals surface area contributed by atoms with Crippen molar-refractivity contribution in [2.75, 3.05) is 11.9 Å². The van der Waals surface area contributed by atoms with Gasteiger partial charge in [0.15, 0.2) is 5.96 Å². The lowest BCUT2D eigenvalue weighted by atomic mass is 9.90. The first-order chi connectivity index (χ1) is 11.0. The zero-order chi connectivity index (χ0) is 16.8. The third kappa shape index (κ3) is 4.84. The molecule has 1 aliphatic rings. The van der Waals surface area contributed by atoms with Gasteiger partial charge in [-0.25, -0.2) is 0 Å². The van der Waals surface area contributed by atoms with Crippen LogP contribution in [0, 0.1) is 5.92 Å². The molecule has 1 aliphatic heterocycles. The second kappa shape index (κ2) is 7.44. The van der Waals surface area contributed by atoms with E-state index in [2.05, 4.69) is 10.3 Å². The van der Waals surface area contributed by atoms with Gasteiger partial charge in [0.1, 0.15) is 0 Å². The van der Waals surface area contributed by atoms with Crippen LogP contribution < -0.4 is 16.8 Å². The normalized spacial score (nSPS) is 16.7. The molecule has 0 aliphatic carbocycles. The highest BCUT2D eigenvalue weighted by Crippen LogP contribution is 2.28. The second-order valence-corrected chi connectivity index (χ2v) is 5.40. The topological polar surface area (TPSA) is 131 Å². The van der Waals surface area contributed by atoms with Gasteiger partial charge >= 0.3 is 5.97 Å². The monoisotopic (exact) mass is 316 g/mol. The molecule has 2 rings (SSSR count). The summed E-state index contributed by atoms with van der Waals surface area (Å²) in [6, 6.07) is 5.73. The Morgan fingerprint density at radius 3 is 2.91 bits per heavy atom. The van der Waals surface area contributed by atoms with Gasteiger partial charge in [0.25, 0.3) is 0 Å². The number of rotatable bonds is 6. The van der Waals surface area contributed by atoms with Crippen LogP contribution in [0.2, 0.25) is 0 Å². The number of guanidine groups is 1. The predicted molar refractivity (Wildman–Crippen MR) is 88.8 cm³/mol. The van der Waals surface area contributed by atoms with Crippen LogP contribution in [0.1, 0.15) is 24.0 Å². The highest BCUT2D eigenvalue weighted by atomic mass is 16.4. The van der Waals surface area contributed by atoms with Crippen LogP contribution in [-0.4, -0.2) is 29.5 Å². The van der Waals surface area contributed by atoms with Gasteiger partial charge in [-0.3, -0.25) is 14.6 Å². The van der Waals surface area contributed by atoms with E-state index < -0.39 is 11.9 Å². The van der Waals surface area contributed by atoms with E-state index in [4.69, 9.17) is 16.6 Å². The first-order valence-electron chi connectivity index (χ1n) is 7.33. The molecule has 23 heavy (non-hydrogen) atoms. The van der Waals surface area contributed by atoms with Crippen LogP contribution in [0.5, 0.6) is 0 Å². The van der Waals surface area contributed by atoms with Gasteiger partial charge in [0.05, 0.1) is 12.3 Å². The minimum atomic E-state index is -0.964. The molecule has 1 amide bonds. The van der Waals surface area contributed by atoms with Gasteiger partial charge in [-0.1, -0.05) is 24.3 Å². The Balaban J connectivity index is 2.02. The third-order valence-electron chi connectivity index (χ3n) is 3.55. The maximum absolute atomic E-state index is 11.9. The van der Waals surface area contributed by atoms with Gasteiger partial charge in [-0.05, 0) is 30.0 Å². The fourth-order valence-electron chi connectivity index (χ4n) is 2.45. The number of carboxylic acid groups (broad SMARTS) is 1. The predicted octanol–water partition coefficient (Wildman–Crippen LogP) is 0.949. The van der Waals surface area contributed by atoms with Gasteiger partial charge < -0.3 is 21.9 Å². The number of carbonyl (C=O) groups excluding carboxylic acids is 1. The number of aliphatic carboxylic acids is 1. The summed E-state index contributed by atoms with van der Waals surface area (Å²) in [7, 11) is 0. The lowest BCUT2D eigenvalue weighted by Crippen LogP contribution is -2.31. The number of anilines is 1. The Kier molecular flexibility index (Phi) is 5.35. The molecule has 7 nitrogen and oxygen atoms in total. The molecular weight excluding hydrogens is 296 g/mol. The van der Waals surface area contributed by atoms with E-state index >= 15 is 0 Å². The average molecular weight is 316 g/mol. The van der Waals surface area contributed by atoms with Crippen molar-refractivity contribution in [2.45, 2.75) is 19.3 Å². The number of fused-ring (bicyclic) bond motifs is 1. The second-order valence-electron chi connectivity index (χ2n) is 5.40. The van der Waals surface area contributed by atoms with Crippen molar-refractivity contribution in [1.82, 2.24) is 0 Å². The fourth-order valence-corrected chi connectivity index (χ4v) is 2.45. The molecule has 1 aromatic rings. The summed E-state index contributed by atoms with van der Waals surface area (Å²) in [5.41, 5.74) is 13.1. The summed E-state index contributed by atoms with van der Waals surface area (Å²) < 4.78 is 0. The molecule has 1 aromatic carbocycles. The van der Waals surface area contributed by atoms with E-state index in [1.807, 2.05) is 30.4 Å². The third-order valence-corrected chi connectivity index (χ3v) is 3.55. The van der Waals surface area contributed by atoms with Crippen molar-refractivity contribution >= 4 is 29.6 Å². The lowest BCUT2D eigenvalue weighted by Gasteiger charge is -2.23. The number of hydrogen-bond donors (Lipinski definition) is 4. The minimum absolute atomic E-state index is 0.0748. The number of nitrogens with one attached hydrogen (secondary N) is 1. The van der Waals surface area contributed by atoms with Crippen LogP contribution in [0.25, 0.3) is 6.08 Å². The Bertz CT molecular complexity index is 663. The van der Waals surface area contributed by atoms with Crippen LogP contribution in [0.3, 0.4) is 0 Å². The van der Waals surface area contributed by atoms with Crippen molar-refractivity contribution < 1.29 is 14.7 Å². The van der Waals surface area contributed by atoms with Crippen LogP contribution >= 0.6 is 0 Å². The van der Waals surface area contributed by atoms with Gasteiger partial charge in [0.2, 0.25) is 5.91 Å². The van der Waals surface area contributed by atoms with E-state index in [9.17, 15) is 9.59 Å². The number of aliphatic imine (C=N–C) groups is 1. The van der Waals surface area contributed by atoms with E-state index in [-0.39, 0.29) is 18.3 Å². The highest BCUT2D eigenvalue weighted by molar-refractivity contribution is 5.97. The SMILES string of the molecule is NC(N)=NCC/C=C/c1ccc2c(c1)NC(=O)C(CC(=O)O)C2. The van der Waals surface area contributed by atoms with Crippen molar-refractivity contribution in [3.63, 3.8) is 0 Å². The lowest BCUT2D eigenvalue weighted by molar-refractivity contribution is -0.140. The Morgan fingerprint density at radius 2 is 2.22 bits per heavy atom. The minimum Gasteiger partial charge on any atom is -0.481 e. The van der Waals surface area contributed by atoms with Gasteiger partial charge in [0, 0.05) is 12.2 Å². The maximum Gasteiger partial charge on any atom is 0.304 e. The van der Waals surface area contributed by atoms with E-state index in [1.165, 1.54) is 0 Å². The van der Waals surface area contributed by atoms with Crippen LogP contribution in [0.4, 0.5) is 5.69 Å². The quantitative estimate of drug-likeness (QED) is 0.352. The first kappa shape index (κ1) is 16.5. The van der Waals surface area contributed by atoms with Crippen molar-refractivity contribution in [3.8, 4) is 0 Å². The molecule has 0 radical (unpaired) electrons. The molecule has 7 heteroatoms. The average Bonchev–Trinajstić information content (AvgIpc) is 2.47. The molecule has 0 bridgehead atoms. The number of nitrogens with two attached hydrogens (primary N) is 2. The van der Waals surface area contributed by atoms with Crippen LogP contribution in [0.15, 0.2) is 29.3 Å². The van der Waals surface area contributed by atoms with Gasteiger partial charge in [-0.2, -0.15) is 0 Å². The highest BCUT2D eigenvalue weighted by Gasteiger charge is 2.27. The van der Waals surface area contributed by atoms with E-state index in [0.29, 0.717) is 19.4 Å². The standard InChI is InChI=1S/C16H20N4O3/c17-16(18)19-6-2-1-3-10-4-5-11-8-12(9-14(21)22)15(23)20-13(11)7-10/h1,3-5,7,12H,2,6,8-9H2,(H,20,23)(H,21,22)(H4,17,18,19)/b3-1+. The Hall–Kier alpha value is -2.83. The number of amides is 1. The Morgan fingerprint density at radius 1 is 1.43 bits per heavy atom. The van der Waals surface area contributed by atoms with Crippen molar-refractivity contribution in [1.29, 1.82) is 0 Å². The number of nitrogens with zero attached hydrogens (tertiary/aromatic N) is 1. The summed E-state index contributed by atoms with van der Waals surface area (Å²) in [6.45, 7) is 0.525. The summed E-state index contributed by atoms with van der Waals surface area (Å²) in [5.74, 6) is -1.64. The molecule has 6 N–H and O–H groups in total. The zero-order valence-corrected chi connectivity index (χ0v) is 12.7. The largest absolute Gasteiger partial charge is 0.481 e. The molecule has 1 atom stereocenters. The molecule has 0 saturated heterocycles. The molecular formula is C16H20N4O3. The molecule has 0 saturated carbocycles. The van der Waals surface area contributed by atoms with Crippen LogP contribution in [-0.2, 0) is 16.0 Å². The fraction of sp³-hybridized carbons (Fsp3) is 0.312. The molecule has 1 unspecified atom stereocenters.